The summed E-state index contributed by atoms with van der Waals surface area (Å²) in [5.74, 6) is -1.48. The third-order valence-electron chi connectivity index (χ3n) is 2.45. The van der Waals surface area contributed by atoms with Crippen LogP contribution in [-0.2, 0) is 4.79 Å². The van der Waals surface area contributed by atoms with E-state index < -0.39 is 5.97 Å². The van der Waals surface area contributed by atoms with E-state index in [1.807, 2.05) is 0 Å². The standard InChI is InChI=1S/C13H16N2O5/c16-5-3-15(4-6-17)13(20)11-7-10(8-14-9-11)1-2-12(18)19/h1-2,7-9,16-17H,3-6H2,(H,18,19). The van der Waals surface area contributed by atoms with Crippen LogP contribution in [0.4, 0.5) is 0 Å². The number of aliphatic hydroxyl groups excluding tert-OH is 2. The summed E-state index contributed by atoms with van der Waals surface area (Å²) in [5, 5.41) is 26.3. The number of aromatic nitrogens is 1. The Hall–Kier alpha value is -2.25. The Morgan fingerprint density at radius 1 is 1.20 bits per heavy atom. The van der Waals surface area contributed by atoms with Gasteiger partial charge in [0.05, 0.1) is 18.8 Å². The summed E-state index contributed by atoms with van der Waals surface area (Å²) >= 11 is 0. The lowest BCUT2D eigenvalue weighted by Gasteiger charge is -2.20. The lowest BCUT2D eigenvalue weighted by atomic mass is 10.1. The molecule has 0 bridgehead atoms. The van der Waals surface area contributed by atoms with E-state index in [9.17, 15) is 9.59 Å². The Kier molecular flexibility index (Phi) is 6.34. The Bertz CT molecular complexity index is 495. The maximum absolute atomic E-state index is 12.1. The summed E-state index contributed by atoms with van der Waals surface area (Å²) in [7, 11) is 0. The summed E-state index contributed by atoms with van der Waals surface area (Å²) in [6, 6.07) is 1.50. The largest absolute Gasteiger partial charge is 0.478 e. The van der Waals surface area contributed by atoms with Crippen molar-refractivity contribution in [3.63, 3.8) is 0 Å². The number of carboxylic acids is 1. The van der Waals surface area contributed by atoms with Crippen molar-refractivity contribution in [3.05, 3.63) is 35.7 Å². The van der Waals surface area contributed by atoms with Crippen LogP contribution in [0.3, 0.4) is 0 Å². The maximum Gasteiger partial charge on any atom is 0.328 e. The molecule has 1 aromatic rings. The average Bonchev–Trinajstić information content (AvgIpc) is 2.44. The molecule has 0 spiro atoms. The summed E-state index contributed by atoms with van der Waals surface area (Å²) < 4.78 is 0. The van der Waals surface area contributed by atoms with Gasteiger partial charge in [-0.1, -0.05) is 0 Å². The molecule has 0 aliphatic heterocycles. The average molecular weight is 280 g/mol. The smallest absolute Gasteiger partial charge is 0.328 e. The molecule has 0 radical (unpaired) electrons. The number of aliphatic hydroxyl groups is 2. The van der Waals surface area contributed by atoms with Gasteiger partial charge in [0.1, 0.15) is 0 Å². The van der Waals surface area contributed by atoms with Gasteiger partial charge >= 0.3 is 5.97 Å². The molecule has 1 rings (SSSR count). The molecule has 0 saturated carbocycles. The van der Waals surface area contributed by atoms with Crippen molar-refractivity contribution < 1.29 is 24.9 Å². The van der Waals surface area contributed by atoms with Gasteiger partial charge in [-0.05, 0) is 17.7 Å². The van der Waals surface area contributed by atoms with Crippen LogP contribution in [-0.4, -0.2) is 63.4 Å². The van der Waals surface area contributed by atoms with Crippen molar-refractivity contribution in [2.45, 2.75) is 0 Å². The fourth-order valence-corrected chi connectivity index (χ4v) is 1.57. The molecule has 1 heterocycles. The number of carboxylic acid groups (broad SMARTS) is 1. The third-order valence-corrected chi connectivity index (χ3v) is 2.45. The van der Waals surface area contributed by atoms with Gasteiger partial charge in [-0.15, -0.1) is 0 Å². The van der Waals surface area contributed by atoms with Crippen LogP contribution >= 0.6 is 0 Å². The van der Waals surface area contributed by atoms with E-state index in [0.717, 1.165) is 6.08 Å². The number of pyridine rings is 1. The van der Waals surface area contributed by atoms with Crippen molar-refractivity contribution in [2.75, 3.05) is 26.3 Å². The van der Waals surface area contributed by atoms with E-state index in [1.54, 1.807) is 0 Å². The zero-order valence-corrected chi connectivity index (χ0v) is 10.8. The zero-order valence-electron chi connectivity index (χ0n) is 10.8. The quantitative estimate of drug-likeness (QED) is 0.586. The van der Waals surface area contributed by atoms with Crippen molar-refractivity contribution in [2.24, 2.45) is 0 Å². The van der Waals surface area contributed by atoms with Crippen molar-refractivity contribution in [1.82, 2.24) is 9.88 Å². The first-order valence-corrected chi connectivity index (χ1v) is 5.95. The fourth-order valence-electron chi connectivity index (χ4n) is 1.57. The highest BCUT2D eigenvalue weighted by Crippen LogP contribution is 2.08. The van der Waals surface area contributed by atoms with Crippen LogP contribution in [0.5, 0.6) is 0 Å². The molecule has 0 aliphatic rings. The first kappa shape index (κ1) is 15.8. The second kappa shape index (κ2) is 8.03. The fraction of sp³-hybridized carbons (Fsp3) is 0.308. The maximum atomic E-state index is 12.1. The van der Waals surface area contributed by atoms with E-state index in [-0.39, 0.29) is 37.8 Å². The highest BCUT2D eigenvalue weighted by atomic mass is 16.4. The SMILES string of the molecule is O=C(O)C=Cc1cncc(C(=O)N(CCO)CCO)c1. The lowest BCUT2D eigenvalue weighted by molar-refractivity contribution is -0.131. The summed E-state index contributed by atoms with van der Waals surface area (Å²) in [6.07, 6.45) is 5.06. The molecule has 0 saturated heterocycles. The molecular formula is C13H16N2O5. The topological polar surface area (TPSA) is 111 Å². The van der Waals surface area contributed by atoms with Gasteiger partial charge in [-0.2, -0.15) is 0 Å². The van der Waals surface area contributed by atoms with Gasteiger partial charge in [0, 0.05) is 31.6 Å². The van der Waals surface area contributed by atoms with Crippen LogP contribution in [0.15, 0.2) is 24.5 Å². The molecule has 3 N–H and O–H groups in total. The van der Waals surface area contributed by atoms with E-state index in [2.05, 4.69) is 4.98 Å². The number of amides is 1. The van der Waals surface area contributed by atoms with Gasteiger partial charge in [0.2, 0.25) is 0 Å². The van der Waals surface area contributed by atoms with Crippen molar-refractivity contribution in [1.29, 1.82) is 0 Å². The molecule has 1 amide bonds. The molecule has 0 aliphatic carbocycles. The number of aliphatic carboxylic acids is 1. The molecule has 0 atom stereocenters. The number of nitrogens with zero attached hydrogens (tertiary/aromatic N) is 2. The van der Waals surface area contributed by atoms with Gasteiger partial charge < -0.3 is 20.2 Å². The molecule has 0 fully saturated rings. The molecular weight excluding hydrogens is 264 g/mol. The molecule has 0 aromatic carbocycles. The van der Waals surface area contributed by atoms with Crippen molar-refractivity contribution >= 4 is 18.0 Å². The van der Waals surface area contributed by atoms with E-state index >= 15 is 0 Å². The second-order valence-corrected chi connectivity index (χ2v) is 3.92. The Morgan fingerprint density at radius 3 is 2.40 bits per heavy atom. The number of rotatable bonds is 7. The molecule has 1 aromatic heterocycles. The normalized spacial score (nSPS) is 10.7. The van der Waals surface area contributed by atoms with E-state index in [1.165, 1.54) is 29.4 Å². The van der Waals surface area contributed by atoms with Gasteiger partial charge in [0.15, 0.2) is 0 Å². The van der Waals surface area contributed by atoms with Crippen LogP contribution in [0.1, 0.15) is 15.9 Å². The molecule has 108 valence electrons. The third kappa shape index (κ3) is 4.79. The minimum atomic E-state index is -1.09. The highest BCUT2D eigenvalue weighted by Gasteiger charge is 2.15. The van der Waals surface area contributed by atoms with Gasteiger partial charge in [-0.25, -0.2) is 4.79 Å². The predicted octanol–water partition coefficient (Wildman–Crippen LogP) is -0.394. The highest BCUT2D eigenvalue weighted by molar-refractivity contribution is 5.94. The van der Waals surface area contributed by atoms with Crippen molar-refractivity contribution in [3.8, 4) is 0 Å². The Balaban J connectivity index is 2.91. The van der Waals surface area contributed by atoms with E-state index in [4.69, 9.17) is 15.3 Å². The molecule has 7 nitrogen and oxygen atoms in total. The predicted molar refractivity (Wildman–Crippen MR) is 71.0 cm³/mol. The number of carbonyl (C=O) groups is 2. The monoisotopic (exact) mass is 280 g/mol. The summed E-state index contributed by atoms with van der Waals surface area (Å²) in [5.41, 5.74) is 0.741. The number of carbonyl (C=O) groups excluding carboxylic acids is 1. The Morgan fingerprint density at radius 2 is 1.85 bits per heavy atom. The summed E-state index contributed by atoms with van der Waals surface area (Å²) in [4.78, 5) is 27.7. The van der Waals surface area contributed by atoms with Crippen LogP contribution < -0.4 is 0 Å². The molecule has 0 unspecified atom stereocenters. The minimum absolute atomic E-state index is 0.106. The lowest BCUT2D eigenvalue weighted by Crippen LogP contribution is -2.35. The first-order chi connectivity index (χ1) is 9.58. The van der Waals surface area contributed by atoms with Gasteiger partial charge in [0.25, 0.3) is 5.91 Å². The van der Waals surface area contributed by atoms with E-state index in [0.29, 0.717) is 5.56 Å². The van der Waals surface area contributed by atoms with Crippen LogP contribution in [0, 0.1) is 0 Å². The number of hydrogen-bond acceptors (Lipinski definition) is 5. The molecule has 20 heavy (non-hydrogen) atoms. The Labute approximate surface area is 115 Å². The summed E-state index contributed by atoms with van der Waals surface area (Å²) in [6.45, 7) is -0.210. The second-order valence-electron chi connectivity index (χ2n) is 3.92. The minimum Gasteiger partial charge on any atom is -0.478 e. The van der Waals surface area contributed by atoms with Crippen LogP contribution in [0.25, 0.3) is 6.08 Å². The van der Waals surface area contributed by atoms with Crippen LogP contribution in [0.2, 0.25) is 0 Å². The number of hydrogen-bond donors (Lipinski definition) is 3. The zero-order chi connectivity index (χ0) is 15.0. The molecule has 7 heteroatoms. The first-order valence-electron chi connectivity index (χ1n) is 5.95. The van der Waals surface area contributed by atoms with Gasteiger partial charge in [-0.3, -0.25) is 9.78 Å².